The van der Waals surface area contributed by atoms with Gasteiger partial charge in [0.05, 0.1) is 37.5 Å². The maximum absolute atomic E-state index is 14.4. The largest absolute Gasteiger partial charge is 0.497 e. The van der Waals surface area contributed by atoms with E-state index in [-0.39, 0.29) is 11.3 Å². The Morgan fingerprint density at radius 2 is 1.60 bits per heavy atom. The van der Waals surface area contributed by atoms with Crippen LogP contribution in [0.4, 0.5) is 5.69 Å². The molecule has 1 aliphatic rings. The number of methoxy groups -OCH3 is 3. The predicted molar refractivity (Wildman–Crippen MR) is 166 cm³/mol. The smallest absolute Gasteiger partial charge is 0.343 e. The Bertz CT molecular complexity index is 1670. The highest BCUT2D eigenvalue weighted by molar-refractivity contribution is 8.08. The molecule has 9 heteroatoms. The van der Waals surface area contributed by atoms with E-state index in [0.717, 1.165) is 26.9 Å². The number of carbonyl (C=O) groups is 2. The quantitative estimate of drug-likeness (QED) is 0.219. The Balaban J connectivity index is 1.69. The molecule has 1 aliphatic heterocycles. The molecule has 1 heterocycles. The fourth-order valence-corrected chi connectivity index (χ4v) is 5.95. The Morgan fingerprint density at radius 3 is 2.29 bits per heavy atom. The van der Waals surface area contributed by atoms with Crippen LogP contribution in [0.3, 0.4) is 0 Å². The maximum atomic E-state index is 14.4. The molecular weight excluding hydrogens is 552 g/mol. The monoisotopic (exact) mass is 584 g/mol. The van der Waals surface area contributed by atoms with Crippen molar-refractivity contribution in [2.75, 3.05) is 53.4 Å². The summed E-state index contributed by atoms with van der Waals surface area (Å²) in [4.78, 5) is 33.2. The number of benzene rings is 4. The minimum atomic E-state index is -0.686. The Morgan fingerprint density at radius 1 is 0.857 bits per heavy atom. The molecule has 0 N–H and O–H groups in total. The first-order valence-electron chi connectivity index (χ1n) is 13.3. The number of hydrogen-bond donors (Lipinski definition) is 0. The average Bonchev–Trinajstić information content (AvgIpc) is 3.13. The van der Waals surface area contributed by atoms with Gasteiger partial charge in [-0.15, -0.1) is 0 Å². The molecule has 0 fully saturated rings. The Labute approximate surface area is 249 Å². The van der Waals surface area contributed by atoms with Gasteiger partial charge < -0.3 is 28.7 Å². The van der Waals surface area contributed by atoms with Crippen LogP contribution >= 0.6 is 11.8 Å². The van der Waals surface area contributed by atoms with Crippen molar-refractivity contribution >= 4 is 45.0 Å². The lowest BCUT2D eigenvalue weighted by atomic mass is 10.1. The summed E-state index contributed by atoms with van der Waals surface area (Å²) in [5, 5.41) is 2.05. The van der Waals surface area contributed by atoms with Crippen molar-refractivity contribution in [1.82, 2.24) is 4.90 Å². The van der Waals surface area contributed by atoms with E-state index in [2.05, 4.69) is 0 Å². The van der Waals surface area contributed by atoms with E-state index in [1.807, 2.05) is 79.7 Å². The van der Waals surface area contributed by atoms with Crippen LogP contribution in [-0.4, -0.2) is 65.3 Å². The van der Waals surface area contributed by atoms with Crippen LogP contribution in [0.1, 0.15) is 15.9 Å². The number of ether oxygens (including phenoxy) is 4. The summed E-state index contributed by atoms with van der Waals surface area (Å²) in [6, 6.07) is 24.1. The van der Waals surface area contributed by atoms with E-state index < -0.39 is 11.9 Å². The normalized spacial score (nSPS) is 13.2. The zero-order valence-corrected chi connectivity index (χ0v) is 25.0. The van der Waals surface area contributed by atoms with Gasteiger partial charge in [-0.2, -0.15) is 0 Å². The predicted octanol–water partition coefficient (Wildman–Crippen LogP) is 6.09. The van der Waals surface area contributed by atoms with Gasteiger partial charge in [-0.05, 0) is 66.8 Å². The molecule has 0 unspecified atom stereocenters. The zero-order valence-electron chi connectivity index (χ0n) is 24.2. The molecule has 0 aromatic heterocycles. The number of likely N-dealkylation sites (N-methyl/N-ethyl adjacent to an activating group) is 1. The van der Waals surface area contributed by atoms with Gasteiger partial charge in [-0.25, -0.2) is 4.79 Å². The van der Waals surface area contributed by atoms with Crippen LogP contribution in [-0.2, 0) is 9.53 Å². The first-order valence-corrected chi connectivity index (χ1v) is 14.1. The summed E-state index contributed by atoms with van der Waals surface area (Å²) in [6.45, 7) is 1.00. The van der Waals surface area contributed by atoms with Crippen molar-refractivity contribution in [3.8, 4) is 17.2 Å². The molecule has 0 saturated carbocycles. The van der Waals surface area contributed by atoms with Crippen molar-refractivity contribution < 1.29 is 28.5 Å². The standard InChI is InChI=1S/C33H32N2O6S/c1-34(2)18-19-35-26-16-12-21-8-6-7-9-25(21)31(26)42-30(22-10-14-24(38-3)15-11-22)29(32(35)36)41-33(37)23-13-17-27(39-4)28(20-23)40-5/h6-17,20H,18-19H2,1-5H3. The number of anilines is 1. The van der Waals surface area contributed by atoms with Crippen LogP contribution in [0.25, 0.3) is 15.7 Å². The molecule has 5 rings (SSSR count). The summed E-state index contributed by atoms with van der Waals surface area (Å²) in [5.41, 5.74) is 1.70. The SMILES string of the molecule is COc1ccc(C2=C(OC(=O)c3ccc(OC)c(OC)c3)C(=O)N(CCN(C)C)c3ccc4ccccc4c3S2)cc1. The lowest BCUT2D eigenvalue weighted by Gasteiger charge is -2.25. The number of esters is 1. The van der Waals surface area contributed by atoms with Gasteiger partial charge in [-0.3, -0.25) is 4.79 Å². The first kappa shape index (κ1) is 29.0. The van der Waals surface area contributed by atoms with E-state index in [0.29, 0.717) is 35.2 Å². The number of rotatable bonds is 9. The van der Waals surface area contributed by atoms with Crippen molar-refractivity contribution in [3.05, 3.63) is 95.7 Å². The molecule has 0 radical (unpaired) electrons. The molecule has 42 heavy (non-hydrogen) atoms. The second-order valence-corrected chi connectivity index (χ2v) is 10.9. The number of fused-ring (bicyclic) bond motifs is 3. The van der Waals surface area contributed by atoms with Crippen molar-refractivity contribution in [2.24, 2.45) is 0 Å². The number of nitrogens with zero attached hydrogens (tertiary/aromatic N) is 2. The molecule has 0 spiro atoms. The summed E-state index contributed by atoms with van der Waals surface area (Å²) >= 11 is 1.42. The van der Waals surface area contributed by atoms with Gasteiger partial charge in [0.2, 0.25) is 5.76 Å². The maximum Gasteiger partial charge on any atom is 0.343 e. The van der Waals surface area contributed by atoms with Gasteiger partial charge in [0.15, 0.2) is 11.5 Å². The highest BCUT2D eigenvalue weighted by Crippen LogP contribution is 2.48. The highest BCUT2D eigenvalue weighted by atomic mass is 32.2. The molecule has 0 aliphatic carbocycles. The second kappa shape index (κ2) is 12.6. The molecule has 1 amide bonds. The molecule has 0 atom stereocenters. The molecule has 0 saturated heterocycles. The van der Waals surface area contributed by atoms with Gasteiger partial charge in [-0.1, -0.05) is 54.2 Å². The van der Waals surface area contributed by atoms with Crippen LogP contribution in [0.2, 0.25) is 0 Å². The Hall–Kier alpha value is -4.47. The van der Waals surface area contributed by atoms with E-state index in [1.54, 1.807) is 24.1 Å². The van der Waals surface area contributed by atoms with Crippen molar-refractivity contribution in [1.29, 1.82) is 0 Å². The fourth-order valence-electron chi connectivity index (χ4n) is 4.69. The summed E-state index contributed by atoms with van der Waals surface area (Å²) < 4.78 is 22.1. The molecule has 0 bridgehead atoms. The zero-order chi connectivity index (χ0) is 29.8. The van der Waals surface area contributed by atoms with Crippen molar-refractivity contribution in [3.63, 3.8) is 0 Å². The molecule has 4 aromatic rings. The number of amides is 1. The lowest BCUT2D eigenvalue weighted by molar-refractivity contribution is -0.117. The molecular formula is C33H32N2O6S. The third-order valence-corrected chi connectivity index (χ3v) is 8.19. The fraction of sp³-hybridized carbons (Fsp3) is 0.212. The summed E-state index contributed by atoms with van der Waals surface area (Å²) in [6.07, 6.45) is 0. The molecule has 4 aromatic carbocycles. The van der Waals surface area contributed by atoms with Crippen LogP contribution in [0.5, 0.6) is 17.2 Å². The molecule has 216 valence electrons. The minimum absolute atomic E-state index is 0.0519. The number of hydrogen-bond acceptors (Lipinski definition) is 8. The van der Waals surface area contributed by atoms with Crippen LogP contribution < -0.4 is 19.1 Å². The van der Waals surface area contributed by atoms with E-state index >= 15 is 0 Å². The highest BCUT2D eigenvalue weighted by Gasteiger charge is 2.34. The second-order valence-electron chi connectivity index (χ2n) is 9.84. The summed E-state index contributed by atoms with van der Waals surface area (Å²) in [7, 11) is 8.52. The van der Waals surface area contributed by atoms with E-state index in [4.69, 9.17) is 18.9 Å². The topological polar surface area (TPSA) is 77.5 Å². The van der Waals surface area contributed by atoms with Crippen LogP contribution in [0.15, 0.2) is 89.5 Å². The van der Waals surface area contributed by atoms with Crippen molar-refractivity contribution in [2.45, 2.75) is 4.90 Å². The first-order chi connectivity index (χ1) is 20.3. The molecule has 8 nitrogen and oxygen atoms in total. The number of carbonyl (C=O) groups excluding carboxylic acids is 2. The lowest BCUT2D eigenvalue weighted by Crippen LogP contribution is -2.38. The number of thioether (sulfide) groups is 1. The van der Waals surface area contributed by atoms with Gasteiger partial charge in [0, 0.05) is 18.0 Å². The Kier molecular flexibility index (Phi) is 8.70. The van der Waals surface area contributed by atoms with Gasteiger partial charge in [0.1, 0.15) is 5.75 Å². The third-order valence-electron chi connectivity index (χ3n) is 6.94. The third kappa shape index (κ3) is 5.79. The minimum Gasteiger partial charge on any atom is -0.497 e. The van der Waals surface area contributed by atoms with Crippen LogP contribution in [0, 0.1) is 0 Å². The van der Waals surface area contributed by atoms with Gasteiger partial charge in [0.25, 0.3) is 5.91 Å². The summed E-state index contributed by atoms with van der Waals surface area (Å²) in [5.74, 6) is 0.387. The van der Waals surface area contributed by atoms with E-state index in [9.17, 15) is 9.59 Å². The average molecular weight is 585 g/mol. The van der Waals surface area contributed by atoms with E-state index in [1.165, 1.54) is 32.0 Å². The van der Waals surface area contributed by atoms with Gasteiger partial charge >= 0.3 is 5.97 Å².